The summed E-state index contributed by atoms with van der Waals surface area (Å²) in [6, 6.07) is 6.56. The summed E-state index contributed by atoms with van der Waals surface area (Å²) in [5, 5.41) is 14.9. The van der Waals surface area contributed by atoms with Gasteiger partial charge < -0.3 is 20.5 Å². The number of thiophene rings is 1. The largest absolute Gasteiger partial charge is 0.481 e. The lowest BCUT2D eigenvalue weighted by Crippen LogP contribution is -2.27. The average molecular weight is 487 g/mol. The quantitative estimate of drug-likeness (QED) is 0.486. The number of esters is 1. The van der Waals surface area contributed by atoms with Crippen molar-refractivity contribution in [3.05, 3.63) is 45.8 Å². The first-order valence-electron chi connectivity index (χ1n) is 11.2. The predicted molar refractivity (Wildman–Crippen MR) is 131 cm³/mol. The number of carbonyl (C=O) groups is 4. The first-order chi connectivity index (χ1) is 16.0. The van der Waals surface area contributed by atoms with Crippen molar-refractivity contribution in [2.75, 3.05) is 17.7 Å². The average Bonchev–Trinajstić information content (AvgIpc) is 3.14. The number of carboxylic acids is 1. The molecule has 1 aliphatic carbocycles. The van der Waals surface area contributed by atoms with E-state index in [0.717, 1.165) is 23.3 Å². The van der Waals surface area contributed by atoms with Gasteiger partial charge in [0.25, 0.3) is 5.91 Å². The van der Waals surface area contributed by atoms with E-state index in [1.54, 1.807) is 24.3 Å². The number of rotatable bonds is 7. The Morgan fingerprint density at radius 3 is 2.47 bits per heavy atom. The number of benzene rings is 1. The van der Waals surface area contributed by atoms with Gasteiger partial charge in [0.15, 0.2) is 0 Å². The Morgan fingerprint density at radius 2 is 1.82 bits per heavy atom. The molecular formula is C25H30N2O6S. The molecule has 3 rings (SSSR count). The molecule has 0 radical (unpaired) electrons. The summed E-state index contributed by atoms with van der Waals surface area (Å²) < 4.78 is 4.81. The Labute approximate surface area is 202 Å². The molecule has 0 saturated carbocycles. The minimum absolute atomic E-state index is 0.106. The fourth-order valence-corrected chi connectivity index (χ4v) is 5.47. The summed E-state index contributed by atoms with van der Waals surface area (Å²) in [5.41, 5.74) is 1.91. The van der Waals surface area contributed by atoms with Crippen LogP contribution in [-0.4, -0.2) is 36.0 Å². The molecular weight excluding hydrogens is 456 g/mol. The fourth-order valence-electron chi connectivity index (χ4n) is 4.13. The van der Waals surface area contributed by atoms with Crippen molar-refractivity contribution in [2.45, 2.75) is 52.9 Å². The molecule has 1 aromatic heterocycles. The highest BCUT2D eigenvalue weighted by molar-refractivity contribution is 7.17. The van der Waals surface area contributed by atoms with Gasteiger partial charge in [-0.15, -0.1) is 11.3 Å². The zero-order valence-corrected chi connectivity index (χ0v) is 20.6. The molecule has 1 aromatic carbocycles. The van der Waals surface area contributed by atoms with Gasteiger partial charge in [0.05, 0.1) is 30.3 Å². The van der Waals surface area contributed by atoms with Crippen LogP contribution in [0.1, 0.15) is 71.2 Å². The second-order valence-corrected chi connectivity index (χ2v) is 10.6. The van der Waals surface area contributed by atoms with Gasteiger partial charge in [-0.2, -0.15) is 0 Å². The number of nitrogens with one attached hydrogen (secondary N) is 2. The highest BCUT2D eigenvalue weighted by atomic mass is 32.1. The van der Waals surface area contributed by atoms with Crippen LogP contribution in [-0.2, 0) is 27.2 Å². The number of carboxylic acid groups (broad SMARTS) is 1. The highest BCUT2D eigenvalue weighted by Crippen LogP contribution is 2.44. The molecule has 1 unspecified atom stereocenters. The third kappa shape index (κ3) is 5.83. The number of anilines is 2. The number of methoxy groups -OCH3 is 1. The van der Waals surface area contributed by atoms with Crippen LogP contribution in [0.3, 0.4) is 0 Å². The van der Waals surface area contributed by atoms with Crippen molar-refractivity contribution >= 4 is 45.8 Å². The summed E-state index contributed by atoms with van der Waals surface area (Å²) in [4.78, 5) is 49.9. The molecule has 9 heteroatoms. The summed E-state index contributed by atoms with van der Waals surface area (Å²) in [6.45, 7) is 6.59. The first kappa shape index (κ1) is 25.4. The number of aliphatic carboxylic acids is 1. The van der Waals surface area contributed by atoms with E-state index in [4.69, 9.17) is 9.84 Å². The highest BCUT2D eigenvalue weighted by Gasteiger charge is 2.34. The lowest BCUT2D eigenvalue weighted by Gasteiger charge is -2.33. The van der Waals surface area contributed by atoms with Crippen LogP contribution in [0.5, 0.6) is 0 Å². The van der Waals surface area contributed by atoms with E-state index in [1.807, 2.05) is 0 Å². The minimum Gasteiger partial charge on any atom is -0.481 e. The number of fused-ring (bicyclic) bond motifs is 1. The van der Waals surface area contributed by atoms with Crippen molar-refractivity contribution in [2.24, 2.45) is 11.3 Å². The molecule has 0 fully saturated rings. The maximum Gasteiger partial charge on any atom is 0.339 e. The van der Waals surface area contributed by atoms with Gasteiger partial charge in [-0.1, -0.05) is 32.9 Å². The molecule has 3 N–H and O–H groups in total. The first-order valence-corrected chi connectivity index (χ1v) is 12.0. The molecule has 0 saturated heterocycles. The maximum atomic E-state index is 13.5. The number of carbonyl (C=O) groups excluding carboxylic acids is 3. The Balaban J connectivity index is 1.96. The Hall–Kier alpha value is -3.20. The van der Waals surface area contributed by atoms with Gasteiger partial charge in [-0.25, -0.2) is 4.79 Å². The number of para-hydroxylation sites is 1. The van der Waals surface area contributed by atoms with Gasteiger partial charge in [0, 0.05) is 11.3 Å². The molecule has 1 aliphatic rings. The van der Waals surface area contributed by atoms with E-state index < -0.39 is 23.8 Å². The molecule has 2 aromatic rings. The number of hydrogen-bond acceptors (Lipinski definition) is 6. The van der Waals surface area contributed by atoms with Crippen LogP contribution in [0, 0.1) is 11.3 Å². The van der Waals surface area contributed by atoms with Gasteiger partial charge in [0.1, 0.15) is 5.00 Å². The molecule has 8 nitrogen and oxygen atoms in total. The van der Waals surface area contributed by atoms with Gasteiger partial charge in [-0.05, 0) is 48.3 Å². The lowest BCUT2D eigenvalue weighted by molar-refractivity contribution is -0.138. The third-order valence-electron chi connectivity index (χ3n) is 6.12. The van der Waals surface area contributed by atoms with Crippen LogP contribution in [0.2, 0.25) is 0 Å². The molecule has 182 valence electrons. The number of ether oxygens (including phenoxy) is 1. The summed E-state index contributed by atoms with van der Waals surface area (Å²) in [6.07, 6.45) is 1.93. The van der Waals surface area contributed by atoms with Crippen molar-refractivity contribution in [1.82, 2.24) is 0 Å². The van der Waals surface area contributed by atoms with Crippen LogP contribution >= 0.6 is 11.3 Å². The van der Waals surface area contributed by atoms with E-state index in [0.29, 0.717) is 28.6 Å². The SMILES string of the molecule is COC(=O)c1ccccc1NC(=O)c1c(NC(=O)CCC(=O)O)sc2c1CCC(C(C)(C)C)C2. The minimum atomic E-state index is -1.06. The topological polar surface area (TPSA) is 122 Å². The Kier molecular flexibility index (Phi) is 7.76. The molecule has 0 spiro atoms. The molecule has 0 bridgehead atoms. The van der Waals surface area contributed by atoms with E-state index in [2.05, 4.69) is 31.4 Å². The van der Waals surface area contributed by atoms with Crippen molar-refractivity contribution in [3.8, 4) is 0 Å². The van der Waals surface area contributed by atoms with Crippen LogP contribution in [0.25, 0.3) is 0 Å². The molecule has 1 heterocycles. The van der Waals surface area contributed by atoms with Crippen LogP contribution in [0.4, 0.5) is 10.7 Å². The normalized spacial score (nSPS) is 15.2. The van der Waals surface area contributed by atoms with E-state index in [9.17, 15) is 19.2 Å². The summed E-state index contributed by atoms with van der Waals surface area (Å²) in [7, 11) is 1.27. The standard InChI is InChI=1S/C25H30N2O6S/c1-25(2,3)14-9-10-16-18(13-14)34-23(27-19(28)11-12-20(29)30)21(16)22(31)26-17-8-6-5-7-15(17)24(32)33-4/h5-8,14H,9-13H2,1-4H3,(H,26,31)(H,27,28)(H,29,30). The maximum absolute atomic E-state index is 13.5. The van der Waals surface area contributed by atoms with Gasteiger partial charge in [0.2, 0.25) is 5.91 Å². The smallest absolute Gasteiger partial charge is 0.339 e. The van der Waals surface area contributed by atoms with Crippen molar-refractivity contribution < 1.29 is 29.0 Å². The van der Waals surface area contributed by atoms with Crippen LogP contribution in [0.15, 0.2) is 24.3 Å². The number of hydrogen-bond donors (Lipinski definition) is 3. The Bertz CT molecular complexity index is 1120. The third-order valence-corrected chi connectivity index (χ3v) is 7.29. The molecule has 0 aliphatic heterocycles. The van der Waals surface area contributed by atoms with Crippen molar-refractivity contribution in [1.29, 1.82) is 0 Å². The van der Waals surface area contributed by atoms with Crippen LogP contribution < -0.4 is 10.6 Å². The fraction of sp³-hybridized carbons (Fsp3) is 0.440. The zero-order valence-electron chi connectivity index (χ0n) is 19.8. The van der Waals surface area contributed by atoms with E-state index >= 15 is 0 Å². The Morgan fingerprint density at radius 1 is 1.12 bits per heavy atom. The van der Waals surface area contributed by atoms with Crippen molar-refractivity contribution in [3.63, 3.8) is 0 Å². The van der Waals surface area contributed by atoms with E-state index in [-0.39, 0.29) is 23.8 Å². The second-order valence-electron chi connectivity index (χ2n) is 9.45. The predicted octanol–water partition coefficient (Wildman–Crippen LogP) is 4.74. The summed E-state index contributed by atoms with van der Waals surface area (Å²) >= 11 is 1.37. The van der Waals surface area contributed by atoms with Gasteiger partial charge >= 0.3 is 11.9 Å². The monoisotopic (exact) mass is 486 g/mol. The molecule has 34 heavy (non-hydrogen) atoms. The summed E-state index contributed by atoms with van der Waals surface area (Å²) in [5.74, 6) is -2.09. The lowest BCUT2D eigenvalue weighted by atomic mass is 9.72. The second kappa shape index (κ2) is 10.4. The van der Waals surface area contributed by atoms with Gasteiger partial charge in [-0.3, -0.25) is 14.4 Å². The molecule has 2 amide bonds. The van der Waals surface area contributed by atoms with E-state index in [1.165, 1.54) is 18.4 Å². The molecule has 1 atom stereocenters. The zero-order chi connectivity index (χ0) is 25.0. The number of amides is 2.